The Morgan fingerprint density at radius 2 is 1.86 bits per heavy atom. The number of benzene rings is 1. The molecule has 2 aromatic heterocycles. The molecule has 0 aliphatic carbocycles. The predicted molar refractivity (Wildman–Crippen MR) is 121 cm³/mol. The Morgan fingerprint density at radius 3 is 2.55 bits per heavy atom. The third-order valence-electron chi connectivity index (χ3n) is 5.29. The number of thioether (sulfide) groups is 1. The van der Waals surface area contributed by atoms with Gasteiger partial charge < -0.3 is 4.90 Å². The Balaban J connectivity index is 1.75. The van der Waals surface area contributed by atoms with Gasteiger partial charge in [0, 0.05) is 23.0 Å². The molecule has 4 rings (SSSR count). The number of aryl methyl sites for hydroxylation is 2. The fourth-order valence-electron chi connectivity index (χ4n) is 3.55. The number of piperidine rings is 1. The van der Waals surface area contributed by atoms with Gasteiger partial charge in [-0.15, -0.1) is 11.3 Å². The summed E-state index contributed by atoms with van der Waals surface area (Å²) in [5.74, 6) is 0.375. The highest BCUT2D eigenvalue weighted by atomic mass is 35.5. The monoisotopic (exact) mass is 447 g/mol. The van der Waals surface area contributed by atoms with Crippen LogP contribution in [0, 0.1) is 13.8 Å². The van der Waals surface area contributed by atoms with Crippen LogP contribution in [0.1, 0.15) is 29.7 Å². The van der Waals surface area contributed by atoms with Crippen LogP contribution in [0.5, 0.6) is 0 Å². The Labute approximate surface area is 182 Å². The zero-order valence-corrected chi connectivity index (χ0v) is 18.8. The first-order valence-electron chi connectivity index (χ1n) is 9.65. The lowest BCUT2D eigenvalue weighted by Crippen LogP contribution is -2.36. The van der Waals surface area contributed by atoms with Gasteiger partial charge in [-0.2, -0.15) is 0 Å². The number of halogens is 1. The molecule has 0 radical (unpaired) electrons. The summed E-state index contributed by atoms with van der Waals surface area (Å²) in [4.78, 5) is 34.5. The van der Waals surface area contributed by atoms with E-state index >= 15 is 0 Å². The van der Waals surface area contributed by atoms with Crippen molar-refractivity contribution in [2.24, 2.45) is 0 Å². The predicted octanol–water partition coefficient (Wildman–Crippen LogP) is 4.82. The molecule has 1 aliphatic heterocycles. The second kappa shape index (κ2) is 8.50. The number of carbonyl (C=O) groups is 1. The number of thiophene rings is 1. The lowest BCUT2D eigenvalue weighted by molar-refractivity contribution is -0.129. The molecule has 152 valence electrons. The summed E-state index contributed by atoms with van der Waals surface area (Å²) in [6, 6.07) is 7.13. The van der Waals surface area contributed by atoms with Crippen molar-refractivity contribution in [2.45, 2.75) is 38.3 Å². The minimum absolute atomic E-state index is 0.102. The Morgan fingerprint density at radius 1 is 1.17 bits per heavy atom. The number of rotatable bonds is 4. The lowest BCUT2D eigenvalue weighted by Gasteiger charge is -2.26. The molecule has 1 fully saturated rings. The van der Waals surface area contributed by atoms with Crippen LogP contribution in [0.2, 0.25) is 5.02 Å². The Hall–Kier alpha value is -1.83. The quantitative estimate of drug-likeness (QED) is 0.425. The van der Waals surface area contributed by atoms with E-state index in [1.54, 1.807) is 16.7 Å². The standard InChI is InChI=1S/C21H22ClN3O2S2/c1-13-14(2)29-19-18(13)20(27)25(16-8-6-15(22)7-9-16)21(23-19)28-12-17(26)24-10-4-3-5-11-24/h6-9H,3-5,10-12H2,1-2H3. The van der Waals surface area contributed by atoms with Crippen molar-refractivity contribution in [3.8, 4) is 5.69 Å². The van der Waals surface area contributed by atoms with E-state index < -0.39 is 0 Å². The smallest absolute Gasteiger partial charge is 0.267 e. The normalized spacial score (nSPS) is 14.5. The van der Waals surface area contributed by atoms with Gasteiger partial charge in [-0.05, 0) is 62.9 Å². The SMILES string of the molecule is Cc1sc2nc(SCC(=O)N3CCCCC3)n(-c3ccc(Cl)cc3)c(=O)c2c1C. The number of amides is 1. The number of hydrogen-bond donors (Lipinski definition) is 0. The molecule has 0 saturated carbocycles. The fourth-order valence-corrected chi connectivity index (χ4v) is 5.66. The molecule has 0 N–H and O–H groups in total. The summed E-state index contributed by atoms with van der Waals surface area (Å²) in [6.45, 7) is 5.59. The van der Waals surface area contributed by atoms with Crippen molar-refractivity contribution < 1.29 is 4.79 Å². The van der Waals surface area contributed by atoms with Gasteiger partial charge in [0.25, 0.3) is 5.56 Å². The molecular formula is C21H22ClN3O2S2. The third kappa shape index (κ3) is 4.09. The fraction of sp³-hybridized carbons (Fsp3) is 0.381. The van der Waals surface area contributed by atoms with Crippen LogP contribution in [0.15, 0.2) is 34.2 Å². The third-order valence-corrected chi connectivity index (χ3v) is 7.57. The van der Waals surface area contributed by atoms with Gasteiger partial charge in [0.15, 0.2) is 5.16 Å². The second-order valence-electron chi connectivity index (χ2n) is 7.20. The molecule has 5 nitrogen and oxygen atoms in total. The molecule has 1 amide bonds. The van der Waals surface area contributed by atoms with E-state index in [1.165, 1.54) is 29.5 Å². The van der Waals surface area contributed by atoms with Crippen LogP contribution in [0.25, 0.3) is 15.9 Å². The van der Waals surface area contributed by atoms with Crippen molar-refractivity contribution in [3.05, 3.63) is 50.1 Å². The van der Waals surface area contributed by atoms with Crippen LogP contribution in [-0.4, -0.2) is 39.2 Å². The number of nitrogens with zero attached hydrogens (tertiary/aromatic N) is 3. The number of hydrogen-bond acceptors (Lipinski definition) is 5. The minimum atomic E-state index is -0.105. The molecule has 0 unspecified atom stereocenters. The molecule has 0 bridgehead atoms. The maximum Gasteiger partial charge on any atom is 0.267 e. The summed E-state index contributed by atoms with van der Waals surface area (Å²) < 4.78 is 1.60. The molecule has 1 aliphatic rings. The van der Waals surface area contributed by atoms with Gasteiger partial charge in [-0.3, -0.25) is 14.2 Å². The zero-order chi connectivity index (χ0) is 20.5. The van der Waals surface area contributed by atoms with Gasteiger partial charge in [0.2, 0.25) is 5.91 Å². The molecule has 3 aromatic rings. The van der Waals surface area contributed by atoms with E-state index in [0.717, 1.165) is 41.2 Å². The van der Waals surface area contributed by atoms with Crippen LogP contribution in [0.4, 0.5) is 0 Å². The van der Waals surface area contributed by atoms with E-state index in [-0.39, 0.29) is 17.2 Å². The van der Waals surface area contributed by atoms with E-state index in [2.05, 4.69) is 0 Å². The molecule has 3 heterocycles. The van der Waals surface area contributed by atoms with Crippen molar-refractivity contribution in [1.29, 1.82) is 0 Å². The van der Waals surface area contributed by atoms with Crippen molar-refractivity contribution in [1.82, 2.24) is 14.5 Å². The first-order chi connectivity index (χ1) is 14.0. The molecular weight excluding hydrogens is 426 g/mol. The molecule has 1 aromatic carbocycles. The topological polar surface area (TPSA) is 55.2 Å². The summed E-state index contributed by atoms with van der Waals surface area (Å²) in [5, 5.41) is 1.79. The minimum Gasteiger partial charge on any atom is -0.342 e. The van der Waals surface area contributed by atoms with Gasteiger partial charge in [0.05, 0.1) is 16.8 Å². The summed E-state index contributed by atoms with van der Waals surface area (Å²) in [5.41, 5.74) is 1.56. The molecule has 8 heteroatoms. The van der Waals surface area contributed by atoms with Crippen LogP contribution < -0.4 is 5.56 Å². The largest absolute Gasteiger partial charge is 0.342 e. The Kier molecular flexibility index (Phi) is 5.99. The van der Waals surface area contributed by atoms with Crippen LogP contribution in [-0.2, 0) is 4.79 Å². The number of fused-ring (bicyclic) bond motifs is 1. The van der Waals surface area contributed by atoms with Crippen molar-refractivity contribution >= 4 is 50.8 Å². The second-order valence-corrected chi connectivity index (χ2v) is 9.79. The Bertz CT molecular complexity index is 1120. The summed E-state index contributed by atoms with van der Waals surface area (Å²) in [6.07, 6.45) is 3.30. The van der Waals surface area contributed by atoms with Gasteiger partial charge >= 0.3 is 0 Å². The van der Waals surface area contributed by atoms with Gasteiger partial charge in [-0.25, -0.2) is 4.98 Å². The lowest BCUT2D eigenvalue weighted by atomic mass is 10.1. The highest BCUT2D eigenvalue weighted by Gasteiger charge is 2.21. The van der Waals surface area contributed by atoms with E-state index in [1.807, 2.05) is 30.9 Å². The number of carbonyl (C=O) groups excluding carboxylic acids is 1. The molecule has 29 heavy (non-hydrogen) atoms. The van der Waals surface area contributed by atoms with E-state index in [4.69, 9.17) is 16.6 Å². The van der Waals surface area contributed by atoms with E-state index in [0.29, 0.717) is 21.3 Å². The number of aromatic nitrogens is 2. The van der Waals surface area contributed by atoms with Gasteiger partial charge in [-0.1, -0.05) is 23.4 Å². The molecule has 0 spiro atoms. The zero-order valence-electron chi connectivity index (χ0n) is 16.4. The highest BCUT2D eigenvalue weighted by molar-refractivity contribution is 7.99. The highest BCUT2D eigenvalue weighted by Crippen LogP contribution is 2.30. The first kappa shape index (κ1) is 20.4. The molecule has 0 atom stereocenters. The maximum atomic E-state index is 13.4. The average molecular weight is 448 g/mol. The average Bonchev–Trinajstić information content (AvgIpc) is 3.01. The van der Waals surface area contributed by atoms with Crippen molar-refractivity contribution in [2.75, 3.05) is 18.8 Å². The summed E-state index contributed by atoms with van der Waals surface area (Å²) in [7, 11) is 0. The van der Waals surface area contributed by atoms with Crippen LogP contribution in [0.3, 0.4) is 0 Å². The van der Waals surface area contributed by atoms with Gasteiger partial charge in [0.1, 0.15) is 4.83 Å². The maximum absolute atomic E-state index is 13.4. The summed E-state index contributed by atoms with van der Waals surface area (Å²) >= 11 is 8.88. The molecule has 1 saturated heterocycles. The van der Waals surface area contributed by atoms with Crippen molar-refractivity contribution in [3.63, 3.8) is 0 Å². The number of likely N-dealkylation sites (tertiary alicyclic amines) is 1. The van der Waals surface area contributed by atoms with Crippen LogP contribution >= 0.6 is 34.7 Å². The van der Waals surface area contributed by atoms with E-state index in [9.17, 15) is 9.59 Å². The first-order valence-corrected chi connectivity index (χ1v) is 11.8.